The second-order valence-corrected chi connectivity index (χ2v) is 11.2. The first-order valence-corrected chi connectivity index (χ1v) is 15.0. The van der Waals surface area contributed by atoms with Gasteiger partial charge in [-0.3, -0.25) is 19.9 Å². The summed E-state index contributed by atoms with van der Waals surface area (Å²) in [5.41, 5.74) is 11.0. The van der Waals surface area contributed by atoms with E-state index in [1.54, 1.807) is 0 Å². The molecular formula is C40H25N5. The molecule has 0 saturated carbocycles. The molecule has 5 heterocycles. The van der Waals surface area contributed by atoms with Crippen molar-refractivity contribution in [1.82, 2.24) is 24.5 Å². The highest BCUT2D eigenvalue weighted by Crippen LogP contribution is 2.40. The van der Waals surface area contributed by atoms with Crippen molar-refractivity contribution in [2.24, 2.45) is 0 Å². The number of benzene rings is 4. The van der Waals surface area contributed by atoms with Crippen LogP contribution in [-0.2, 0) is 0 Å². The van der Waals surface area contributed by atoms with Gasteiger partial charge in [-0.15, -0.1) is 0 Å². The Morgan fingerprint density at radius 1 is 0.356 bits per heavy atom. The van der Waals surface area contributed by atoms with Crippen LogP contribution in [0.5, 0.6) is 0 Å². The van der Waals surface area contributed by atoms with Crippen molar-refractivity contribution >= 4 is 32.6 Å². The van der Waals surface area contributed by atoms with E-state index in [4.69, 9.17) is 9.97 Å². The highest BCUT2D eigenvalue weighted by atomic mass is 15.0. The molecule has 5 aromatic heterocycles. The van der Waals surface area contributed by atoms with Crippen molar-refractivity contribution in [2.75, 3.05) is 0 Å². The van der Waals surface area contributed by atoms with Gasteiger partial charge in [0.25, 0.3) is 0 Å². The van der Waals surface area contributed by atoms with Gasteiger partial charge >= 0.3 is 0 Å². The summed E-state index contributed by atoms with van der Waals surface area (Å²) in [6.45, 7) is 0. The number of hydrogen-bond acceptors (Lipinski definition) is 4. The van der Waals surface area contributed by atoms with Crippen molar-refractivity contribution in [3.63, 3.8) is 0 Å². The molecule has 0 radical (unpaired) electrons. The zero-order chi connectivity index (χ0) is 29.7. The van der Waals surface area contributed by atoms with Gasteiger partial charge in [-0.1, -0.05) is 48.5 Å². The first kappa shape index (κ1) is 25.3. The molecule has 9 aromatic rings. The third-order valence-electron chi connectivity index (χ3n) is 8.53. The molecule has 0 fully saturated rings. The Kier molecular flexibility index (Phi) is 5.74. The molecule has 0 spiro atoms. The van der Waals surface area contributed by atoms with E-state index in [2.05, 4.69) is 93.4 Å². The van der Waals surface area contributed by atoms with Crippen LogP contribution in [0.4, 0.5) is 0 Å². The van der Waals surface area contributed by atoms with Crippen molar-refractivity contribution in [2.45, 2.75) is 0 Å². The molecule has 45 heavy (non-hydrogen) atoms. The zero-order valence-electron chi connectivity index (χ0n) is 24.2. The van der Waals surface area contributed by atoms with E-state index in [1.807, 2.05) is 73.3 Å². The molecule has 0 aliphatic carbocycles. The zero-order valence-corrected chi connectivity index (χ0v) is 24.2. The van der Waals surface area contributed by atoms with Crippen LogP contribution in [-0.4, -0.2) is 24.5 Å². The summed E-state index contributed by atoms with van der Waals surface area (Å²) in [5.74, 6) is 0. The molecule has 5 nitrogen and oxygen atoms in total. The summed E-state index contributed by atoms with van der Waals surface area (Å²) in [4.78, 5) is 18.9. The Bertz CT molecular complexity index is 2310. The molecule has 0 amide bonds. The minimum atomic E-state index is 0.871. The van der Waals surface area contributed by atoms with Crippen LogP contribution in [0.15, 0.2) is 152 Å². The largest absolute Gasteiger partial charge is 0.309 e. The lowest BCUT2D eigenvalue weighted by Gasteiger charge is -2.14. The van der Waals surface area contributed by atoms with E-state index in [9.17, 15) is 0 Å². The minimum Gasteiger partial charge on any atom is -0.309 e. The average molecular weight is 576 g/mol. The number of hydrogen-bond donors (Lipinski definition) is 0. The van der Waals surface area contributed by atoms with Crippen molar-refractivity contribution < 1.29 is 0 Å². The molecule has 0 atom stereocenters. The lowest BCUT2D eigenvalue weighted by molar-refractivity contribution is 1.18. The summed E-state index contributed by atoms with van der Waals surface area (Å²) in [5, 5.41) is 5.03. The van der Waals surface area contributed by atoms with Crippen LogP contribution in [0, 0.1) is 0 Å². The standard InChI is InChI=1S/C40H25N5/c1-3-17-41-33(9-1)28-15-19-43-35(24-28)30-21-31(36-25-29(16-20-44-36)34-10-2-4-18-42-34)23-32(22-30)45-37-11-5-7-26-13-14-27-8-6-12-38(45)40(27)39(26)37/h1-25H. The van der Waals surface area contributed by atoms with Crippen LogP contribution < -0.4 is 0 Å². The first-order chi connectivity index (χ1) is 22.3. The van der Waals surface area contributed by atoms with E-state index >= 15 is 0 Å². The van der Waals surface area contributed by atoms with Gasteiger partial charge in [-0.25, -0.2) is 0 Å². The van der Waals surface area contributed by atoms with E-state index < -0.39 is 0 Å². The third kappa shape index (κ3) is 4.25. The maximum absolute atomic E-state index is 4.84. The highest BCUT2D eigenvalue weighted by molar-refractivity contribution is 6.24. The quantitative estimate of drug-likeness (QED) is 0.192. The van der Waals surface area contributed by atoms with Gasteiger partial charge in [0.1, 0.15) is 0 Å². The maximum Gasteiger partial charge on any atom is 0.0709 e. The third-order valence-corrected chi connectivity index (χ3v) is 8.53. The summed E-state index contributed by atoms with van der Waals surface area (Å²) < 4.78 is 2.38. The van der Waals surface area contributed by atoms with Crippen molar-refractivity contribution in [3.05, 3.63) is 152 Å². The second kappa shape index (κ2) is 10.2. The monoisotopic (exact) mass is 575 g/mol. The fraction of sp³-hybridized carbons (Fsp3) is 0. The van der Waals surface area contributed by atoms with Gasteiger partial charge in [0, 0.05) is 63.5 Å². The van der Waals surface area contributed by atoms with Gasteiger partial charge in [-0.05, 0) is 89.6 Å². The van der Waals surface area contributed by atoms with E-state index in [0.717, 1.165) is 50.7 Å². The lowest BCUT2D eigenvalue weighted by Crippen LogP contribution is -1.97. The van der Waals surface area contributed by atoms with E-state index in [0.29, 0.717) is 0 Å². The molecule has 4 aromatic carbocycles. The van der Waals surface area contributed by atoms with Crippen LogP contribution in [0.1, 0.15) is 0 Å². The lowest BCUT2D eigenvalue weighted by atomic mass is 10.0. The van der Waals surface area contributed by atoms with Crippen LogP contribution in [0.2, 0.25) is 0 Å². The normalized spacial score (nSPS) is 11.6. The average Bonchev–Trinajstić information content (AvgIpc) is 3.47. The Hall–Kier alpha value is -6.20. The fourth-order valence-corrected chi connectivity index (χ4v) is 6.50. The minimum absolute atomic E-state index is 0.871. The van der Waals surface area contributed by atoms with Gasteiger partial charge < -0.3 is 4.57 Å². The molecule has 0 unspecified atom stereocenters. The molecular weight excluding hydrogens is 550 g/mol. The molecule has 210 valence electrons. The highest BCUT2D eigenvalue weighted by Gasteiger charge is 2.18. The molecule has 0 saturated heterocycles. The topological polar surface area (TPSA) is 56.5 Å². The molecule has 0 aliphatic heterocycles. The Morgan fingerprint density at radius 3 is 1.36 bits per heavy atom. The number of nitrogens with zero attached hydrogens (tertiary/aromatic N) is 5. The molecule has 9 rings (SSSR count). The maximum atomic E-state index is 4.84. The summed E-state index contributed by atoms with van der Waals surface area (Å²) in [7, 11) is 0. The molecule has 0 aliphatic rings. The van der Waals surface area contributed by atoms with Crippen LogP contribution in [0.3, 0.4) is 0 Å². The molecule has 5 heteroatoms. The van der Waals surface area contributed by atoms with E-state index in [-0.39, 0.29) is 0 Å². The van der Waals surface area contributed by atoms with E-state index in [1.165, 1.54) is 32.6 Å². The fourth-order valence-electron chi connectivity index (χ4n) is 6.50. The SMILES string of the molecule is c1ccc(-c2ccnc(-c3cc(-c4cc(-c5ccccn5)ccn4)cc(-n4c5cccc6ccc7cccc4c7c65)c3)c2)nc1. The molecule has 0 bridgehead atoms. The summed E-state index contributed by atoms with van der Waals surface area (Å²) >= 11 is 0. The Labute approximate surface area is 259 Å². The number of aromatic nitrogens is 5. The number of pyridine rings is 4. The smallest absolute Gasteiger partial charge is 0.0709 e. The second-order valence-electron chi connectivity index (χ2n) is 11.2. The van der Waals surface area contributed by atoms with Crippen molar-refractivity contribution in [1.29, 1.82) is 0 Å². The van der Waals surface area contributed by atoms with Crippen LogP contribution >= 0.6 is 0 Å². The number of rotatable bonds is 5. The summed E-state index contributed by atoms with van der Waals surface area (Å²) in [6, 6.07) is 44.4. The van der Waals surface area contributed by atoms with Gasteiger partial charge in [-0.2, -0.15) is 0 Å². The van der Waals surface area contributed by atoms with Crippen molar-refractivity contribution in [3.8, 4) is 50.7 Å². The Morgan fingerprint density at radius 2 is 0.867 bits per heavy atom. The van der Waals surface area contributed by atoms with Gasteiger partial charge in [0.15, 0.2) is 0 Å². The predicted octanol–water partition coefficient (Wildman–Crippen LogP) is 9.62. The molecule has 0 N–H and O–H groups in total. The predicted molar refractivity (Wildman–Crippen MR) is 182 cm³/mol. The summed E-state index contributed by atoms with van der Waals surface area (Å²) in [6.07, 6.45) is 7.36. The van der Waals surface area contributed by atoms with Crippen LogP contribution in [0.25, 0.3) is 83.3 Å². The van der Waals surface area contributed by atoms with Gasteiger partial charge in [0.05, 0.1) is 33.8 Å². The first-order valence-electron chi connectivity index (χ1n) is 15.0. The van der Waals surface area contributed by atoms with Gasteiger partial charge in [0.2, 0.25) is 0 Å². The Balaban J connectivity index is 1.31.